The Labute approximate surface area is 101 Å². The maximum atomic E-state index is 5.88. The van der Waals surface area contributed by atoms with Gasteiger partial charge in [0.15, 0.2) is 0 Å². The maximum Gasteiger partial charge on any atom is 0.00861 e. The van der Waals surface area contributed by atoms with Gasteiger partial charge in [0.1, 0.15) is 0 Å². The molecular formula is C15H27N. The molecule has 1 fully saturated rings. The summed E-state index contributed by atoms with van der Waals surface area (Å²) in [5.74, 6) is 6.08. The predicted molar refractivity (Wildman–Crippen MR) is 70.9 cm³/mol. The first kappa shape index (κ1) is 13.6. The molecule has 3 atom stereocenters. The lowest BCUT2D eigenvalue weighted by atomic mass is 9.69. The highest BCUT2D eigenvalue weighted by Crippen LogP contribution is 2.39. The fourth-order valence-electron chi connectivity index (χ4n) is 3.10. The largest absolute Gasteiger partial charge is 0.330 e. The summed E-state index contributed by atoms with van der Waals surface area (Å²) in [6.07, 6.45) is 12.8. The van der Waals surface area contributed by atoms with E-state index in [4.69, 9.17) is 12.2 Å². The molecule has 16 heavy (non-hydrogen) atoms. The van der Waals surface area contributed by atoms with E-state index in [0.29, 0.717) is 0 Å². The summed E-state index contributed by atoms with van der Waals surface area (Å²) in [5.41, 5.74) is 5.88. The third kappa shape index (κ3) is 3.83. The van der Waals surface area contributed by atoms with E-state index in [9.17, 15) is 0 Å². The van der Waals surface area contributed by atoms with Crippen molar-refractivity contribution in [3.05, 3.63) is 0 Å². The van der Waals surface area contributed by atoms with Crippen molar-refractivity contribution < 1.29 is 0 Å². The lowest BCUT2D eigenvalue weighted by Crippen LogP contribution is -2.32. The zero-order valence-electron chi connectivity index (χ0n) is 10.9. The number of unbranched alkanes of at least 4 members (excludes halogenated alkanes) is 1. The Morgan fingerprint density at radius 1 is 1.31 bits per heavy atom. The van der Waals surface area contributed by atoms with E-state index in [1.54, 1.807) is 0 Å². The van der Waals surface area contributed by atoms with E-state index < -0.39 is 0 Å². The monoisotopic (exact) mass is 221 g/mol. The fourth-order valence-corrected chi connectivity index (χ4v) is 3.10. The molecule has 1 rings (SSSR count). The summed E-state index contributed by atoms with van der Waals surface area (Å²) >= 11 is 0. The van der Waals surface area contributed by atoms with Crippen LogP contribution in [0.3, 0.4) is 0 Å². The Kier molecular flexibility index (Phi) is 5.91. The first-order valence-corrected chi connectivity index (χ1v) is 6.82. The molecule has 0 aliphatic heterocycles. The zero-order chi connectivity index (χ0) is 12.0. The van der Waals surface area contributed by atoms with Gasteiger partial charge in [-0.25, -0.2) is 0 Å². The Morgan fingerprint density at radius 2 is 2.06 bits per heavy atom. The predicted octanol–water partition coefficient (Wildman–Crippen LogP) is 3.44. The lowest BCUT2D eigenvalue weighted by Gasteiger charge is -2.37. The minimum absolute atomic E-state index is 0.757. The van der Waals surface area contributed by atoms with Crippen molar-refractivity contribution in [1.82, 2.24) is 0 Å². The molecule has 1 aliphatic rings. The molecule has 0 bridgehead atoms. The summed E-state index contributed by atoms with van der Waals surface area (Å²) < 4.78 is 0. The fraction of sp³-hybridized carbons (Fsp3) is 0.867. The second kappa shape index (κ2) is 6.97. The van der Waals surface area contributed by atoms with Crippen LogP contribution in [-0.4, -0.2) is 6.54 Å². The van der Waals surface area contributed by atoms with Crippen molar-refractivity contribution >= 4 is 0 Å². The summed E-state index contributed by atoms with van der Waals surface area (Å²) in [7, 11) is 0. The summed E-state index contributed by atoms with van der Waals surface area (Å²) in [6, 6.07) is 0. The van der Waals surface area contributed by atoms with Crippen LogP contribution in [0.15, 0.2) is 0 Å². The molecule has 0 radical (unpaired) electrons. The van der Waals surface area contributed by atoms with Crippen LogP contribution in [0.1, 0.15) is 52.4 Å². The Morgan fingerprint density at radius 3 is 2.62 bits per heavy atom. The number of hydrogen-bond donors (Lipinski definition) is 1. The van der Waals surface area contributed by atoms with Gasteiger partial charge in [-0.3, -0.25) is 0 Å². The summed E-state index contributed by atoms with van der Waals surface area (Å²) in [5, 5.41) is 0. The summed E-state index contributed by atoms with van der Waals surface area (Å²) in [4.78, 5) is 0. The number of terminal acetylenes is 1. The van der Waals surface area contributed by atoms with Crippen LogP contribution in [0.2, 0.25) is 0 Å². The normalized spacial score (nSPS) is 30.3. The van der Waals surface area contributed by atoms with Crippen LogP contribution in [0.4, 0.5) is 0 Å². The third-order valence-electron chi connectivity index (χ3n) is 4.32. The van der Waals surface area contributed by atoms with Crippen LogP contribution in [0, 0.1) is 36.0 Å². The average Bonchev–Trinajstić information content (AvgIpc) is 2.29. The highest BCUT2D eigenvalue weighted by atomic mass is 14.6. The van der Waals surface area contributed by atoms with Gasteiger partial charge in [0.2, 0.25) is 0 Å². The van der Waals surface area contributed by atoms with Crippen LogP contribution < -0.4 is 5.73 Å². The van der Waals surface area contributed by atoms with Crippen molar-refractivity contribution in [3.63, 3.8) is 0 Å². The molecule has 1 nitrogen and oxygen atoms in total. The average molecular weight is 221 g/mol. The van der Waals surface area contributed by atoms with Gasteiger partial charge in [0.05, 0.1) is 0 Å². The van der Waals surface area contributed by atoms with E-state index in [1.807, 2.05) is 0 Å². The minimum Gasteiger partial charge on any atom is -0.330 e. The van der Waals surface area contributed by atoms with E-state index in [1.165, 1.54) is 32.1 Å². The molecule has 0 aromatic rings. The van der Waals surface area contributed by atoms with E-state index in [0.717, 1.165) is 36.6 Å². The van der Waals surface area contributed by atoms with E-state index >= 15 is 0 Å². The Balaban J connectivity index is 2.44. The third-order valence-corrected chi connectivity index (χ3v) is 4.32. The highest BCUT2D eigenvalue weighted by Gasteiger charge is 2.30. The molecule has 0 saturated heterocycles. The van der Waals surface area contributed by atoms with Gasteiger partial charge in [-0.2, -0.15) is 0 Å². The second-order valence-corrected chi connectivity index (χ2v) is 5.67. The van der Waals surface area contributed by atoms with Gasteiger partial charge in [0, 0.05) is 6.42 Å². The molecule has 1 saturated carbocycles. The molecule has 0 aromatic carbocycles. The second-order valence-electron chi connectivity index (χ2n) is 5.67. The molecule has 1 heteroatoms. The molecule has 1 aliphatic carbocycles. The quantitative estimate of drug-likeness (QED) is 0.558. The Bertz CT molecular complexity index is 226. The standard InChI is InChI=1S/C15H27N/c1-4-5-6-7-14-10-13(12(2)3)8-9-15(14)11-16/h1,12-15H,5-11,16H2,2-3H3. The van der Waals surface area contributed by atoms with Crippen molar-refractivity contribution in [2.24, 2.45) is 29.4 Å². The van der Waals surface area contributed by atoms with Gasteiger partial charge < -0.3 is 5.73 Å². The number of hydrogen-bond acceptors (Lipinski definition) is 1. The van der Waals surface area contributed by atoms with E-state index in [-0.39, 0.29) is 0 Å². The van der Waals surface area contributed by atoms with Crippen molar-refractivity contribution in [1.29, 1.82) is 0 Å². The SMILES string of the molecule is C#CCCCC1CC(C(C)C)CCC1CN. The highest BCUT2D eigenvalue weighted by molar-refractivity contribution is 4.86. The van der Waals surface area contributed by atoms with E-state index in [2.05, 4.69) is 19.8 Å². The van der Waals surface area contributed by atoms with Crippen LogP contribution in [-0.2, 0) is 0 Å². The van der Waals surface area contributed by atoms with Gasteiger partial charge in [-0.15, -0.1) is 12.3 Å². The number of nitrogens with two attached hydrogens (primary N) is 1. The summed E-state index contributed by atoms with van der Waals surface area (Å²) in [6.45, 7) is 5.57. The minimum atomic E-state index is 0.757. The topological polar surface area (TPSA) is 26.0 Å². The van der Waals surface area contributed by atoms with Crippen LogP contribution in [0.5, 0.6) is 0 Å². The zero-order valence-corrected chi connectivity index (χ0v) is 10.9. The van der Waals surface area contributed by atoms with Crippen LogP contribution in [0.25, 0.3) is 0 Å². The molecule has 2 N–H and O–H groups in total. The van der Waals surface area contributed by atoms with Gasteiger partial charge >= 0.3 is 0 Å². The molecular weight excluding hydrogens is 194 g/mol. The molecule has 0 aromatic heterocycles. The van der Waals surface area contributed by atoms with Crippen LogP contribution >= 0.6 is 0 Å². The molecule has 3 unspecified atom stereocenters. The first-order valence-electron chi connectivity index (χ1n) is 6.82. The van der Waals surface area contributed by atoms with Crippen molar-refractivity contribution in [2.75, 3.05) is 6.54 Å². The molecule has 0 spiro atoms. The van der Waals surface area contributed by atoms with Crippen molar-refractivity contribution in [3.8, 4) is 12.3 Å². The maximum absolute atomic E-state index is 5.88. The molecule has 0 amide bonds. The van der Waals surface area contributed by atoms with Gasteiger partial charge in [-0.05, 0) is 62.3 Å². The first-order chi connectivity index (χ1) is 7.69. The smallest absolute Gasteiger partial charge is 0.00861 e. The van der Waals surface area contributed by atoms with Crippen molar-refractivity contribution in [2.45, 2.75) is 52.4 Å². The van der Waals surface area contributed by atoms with Gasteiger partial charge in [0.25, 0.3) is 0 Å². The Hall–Kier alpha value is -0.480. The lowest BCUT2D eigenvalue weighted by molar-refractivity contribution is 0.142. The molecule has 92 valence electrons. The molecule has 0 heterocycles. The number of rotatable bonds is 5. The van der Waals surface area contributed by atoms with Gasteiger partial charge in [-0.1, -0.05) is 13.8 Å².